The zero-order valence-corrected chi connectivity index (χ0v) is 10.4. The molecule has 0 radical (unpaired) electrons. The smallest absolute Gasteiger partial charge is 0.0594 e. The number of hydrogen-bond donors (Lipinski definition) is 0. The predicted molar refractivity (Wildman–Crippen MR) is 65.4 cm³/mol. The van der Waals surface area contributed by atoms with Crippen LogP contribution < -0.4 is 3.11 Å². The number of para-hydroxylation sites is 1. The lowest BCUT2D eigenvalue weighted by molar-refractivity contribution is 0.476. The van der Waals surface area contributed by atoms with E-state index in [9.17, 15) is 0 Å². The topological polar surface area (TPSA) is 3.24 Å². The Hall–Kier alpha value is -0.250. The van der Waals surface area contributed by atoms with E-state index < -0.39 is 0 Å². The van der Waals surface area contributed by atoms with E-state index in [1.165, 1.54) is 11.3 Å². The molecule has 0 saturated carbocycles. The maximum Gasteiger partial charge on any atom is 0.0594 e. The summed E-state index contributed by atoms with van der Waals surface area (Å²) in [5.41, 5.74) is 3.12. The van der Waals surface area contributed by atoms with Crippen molar-refractivity contribution < 1.29 is 0 Å². The molecule has 0 spiro atoms. The predicted octanol–water partition coefficient (Wildman–Crippen LogP) is 3.52. The molecule has 1 heterocycles. The second-order valence-corrected chi connectivity index (χ2v) is 5.27. The van der Waals surface area contributed by atoms with Crippen LogP contribution in [-0.2, 0) is 5.41 Å². The molecule has 0 amide bonds. The molecule has 1 aromatic carbocycles. The summed E-state index contributed by atoms with van der Waals surface area (Å²) in [6, 6.07) is 9.25. The Morgan fingerprint density at radius 1 is 1.31 bits per heavy atom. The number of nitrogens with zero attached hydrogens (tertiary/aromatic N) is 1. The second-order valence-electron chi connectivity index (χ2n) is 4.23. The molecule has 70 valence electrons. The van der Waals surface area contributed by atoms with E-state index in [4.69, 9.17) is 0 Å². The molecule has 2 rings (SSSR count). The van der Waals surface area contributed by atoms with Crippen LogP contribution in [0.3, 0.4) is 0 Å². The Morgan fingerprint density at radius 3 is 2.54 bits per heavy atom. The molecule has 1 aromatic rings. The minimum absolute atomic E-state index is 0.276. The number of benzene rings is 1. The molecule has 0 unspecified atom stereocenters. The summed E-state index contributed by atoms with van der Waals surface area (Å²) < 4.78 is 2.34. The van der Waals surface area contributed by atoms with Crippen LogP contribution in [0.5, 0.6) is 0 Å². The monoisotopic (exact) mass is 287 g/mol. The van der Waals surface area contributed by atoms with Gasteiger partial charge in [-0.2, -0.15) is 0 Å². The first-order valence-electron chi connectivity index (χ1n) is 4.59. The van der Waals surface area contributed by atoms with E-state index in [1.54, 1.807) is 0 Å². The van der Waals surface area contributed by atoms with E-state index in [2.05, 4.69) is 71.0 Å². The van der Waals surface area contributed by atoms with Gasteiger partial charge in [0.05, 0.1) is 22.9 Å². The van der Waals surface area contributed by atoms with Gasteiger partial charge in [-0.1, -0.05) is 32.0 Å². The van der Waals surface area contributed by atoms with Gasteiger partial charge in [0, 0.05) is 17.1 Å². The van der Waals surface area contributed by atoms with Gasteiger partial charge < -0.3 is 3.11 Å². The summed E-state index contributed by atoms with van der Waals surface area (Å²) in [6.07, 6.45) is 0. The van der Waals surface area contributed by atoms with E-state index in [-0.39, 0.29) is 5.41 Å². The van der Waals surface area contributed by atoms with Gasteiger partial charge in [-0.15, -0.1) is 0 Å². The molecule has 2 heteroatoms. The van der Waals surface area contributed by atoms with Crippen molar-refractivity contribution in [1.82, 2.24) is 0 Å². The SMILES string of the molecule is C[C@@H]1N(I)c2ccccc2C1(C)C. The van der Waals surface area contributed by atoms with Crippen molar-refractivity contribution >= 4 is 28.6 Å². The van der Waals surface area contributed by atoms with Crippen molar-refractivity contribution in [3.63, 3.8) is 0 Å². The van der Waals surface area contributed by atoms with Crippen LogP contribution in [0.2, 0.25) is 0 Å². The molecule has 0 fully saturated rings. The van der Waals surface area contributed by atoms with E-state index >= 15 is 0 Å². The normalized spacial score (nSPS) is 24.6. The summed E-state index contributed by atoms with van der Waals surface area (Å²) in [7, 11) is 0. The van der Waals surface area contributed by atoms with Gasteiger partial charge in [-0.05, 0) is 18.6 Å². The Labute approximate surface area is 93.6 Å². The highest BCUT2D eigenvalue weighted by molar-refractivity contribution is 14.1. The largest absolute Gasteiger partial charge is 0.311 e. The number of fused-ring (bicyclic) bond motifs is 1. The lowest BCUT2D eigenvalue weighted by Gasteiger charge is -2.26. The molecule has 1 nitrogen and oxygen atoms in total. The van der Waals surface area contributed by atoms with Gasteiger partial charge in [0.2, 0.25) is 0 Å². The molecule has 1 aliphatic heterocycles. The Kier molecular flexibility index (Phi) is 2.06. The molecule has 0 aliphatic carbocycles. The number of halogens is 1. The van der Waals surface area contributed by atoms with Gasteiger partial charge >= 0.3 is 0 Å². The Morgan fingerprint density at radius 2 is 1.92 bits per heavy atom. The van der Waals surface area contributed by atoms with Crippen molar-refractivity contribution in [3.05, 3.63) is 29.8 Å². The molecule has 1 atom stereocenters. The summed E-state index contributed by atoms with van der Waals surface area (Å²) in [6.45, 7) is 6.91. The second kappa shape index (κ2) is 2.87. The summed E-state index contributed by atoms with van der Waals surface area (Å²) in [5.74, 6) is 0. The number of anilines is 1. The van der Waals surface area contributed by atoms with Gasteiger partial charge in [-0.3, -0.25) is 0 Å². The fourth-order valence-electron chi connectivity index (χ4n) is 1.92. The molecule has 1 aliphatic rings. The molecular formula is C11H14IN. The van der Waals surface area contributed by atoms with Gasteiger partial charge in [0.15, 0.2) is 0 Å². The minimum atomic E-state index is 0.276. The van der Waals surface area contributed by atoms with E-state index in [0.29, 0.717) is 6.04 Å². The average molecular weight is 287 g/mol. The van der Waals surface area contributed by atoms with Gasteiger partial charge in [0.25, 0.3) is 0 Å². The highest BCUT2D eigenvalue weighted by Crippen LogP contribution is 2.46. The van der Waals surface area contributed by atoms with Crippen molar-refractivity contribution in [2.75, 3.05) is 3.11 Å². The molecule has 13 heavy (non-hydrogen) atoms. The van der Waals surface area contributed by atoms with Crippen molar-refractivity contribution in [3.8, 4) is 0 Å². The van der Waals surface area contributed by atoms with Gasteiger partial charge in [0.1, 0.15) is 0 Å². The van der Waals surface area contributed by atoms with Crippen molar-refractivity contribution in [2.45, 2.75) is 32.2 Å². The van der Waals surface area contributed by atoms with Crippen LogP contribution in [0.15, 0.2) is 24.3 Å². The van der Waals surface area contributed by atoms with Crippen LogP contribution in [-0.4, -0.2) is 6.04 Å². The standard InChI is InChI=1S/C11H14IN/c1-8-11(2,3)9-6-4-5-7-10(9)13(8)12/h4-8H,1-3H3/t8-/m0/s1. The lowest BCUT2D eigenvalue weighted by Crippen LogP contribution is -2.33. The fourth-order valence-corrected chi connectivity index (χ4v) is 3.04. The average Bonchev–Trinajstić information content (AvgIpc) is 2.30. The van der Waals surface area contributed by atoms with Crippen molar-refractivity contribution in [2.24, 2.45) is 0 Å². The van der Waals surface area contributed by atoms with E-state index in [0.717, 1.165) is 0 Å². The first kappa shape index (κ1) is 9.31. The highest BCUT2D eigenvalue weighted by Gasteiger charge is 2.40. The Bertz CT molecular complexity index is 333. The fraction of sp³-hybridized carbons (Fsp3) is 0.455. The molecule has 0 N–H and O–H groups in total. The highest BCUT2D eigenvalue weighted by atomic mass is 127. The summed E-state index contributed by atoms with van der Waals surface area (Å²) in [4.78, 5) is 0. The summed E-state index contributed by atoms with van der Waals surface area (Å²) in [5, 5.41) is 0. The third-order valence-electron chi connectivity index (χ3n) is 3.21. The third-order valence-corrected chi connectivity index (χ3v) is 4.57. The third kappa shape index (κ3) is 1.18. The van der Waals surface area contributed by atoms with Crippen LogP contribution in [0, 0.1) is 0 Å². The number of rotatable bonds is 0. The number of hydrogen-bond acceptors (Lipinski definition) is 1. The zero-order chi connectivity index (χ0) is 9.64. The summed E-state index contributed by atoms with van der Waals surface area (Å²) >= 11 is 2.41. The van der Waals surface area contributed by atoms with Crippen LogP contribution in [0.1, 0.15) is 26.3 Å². The minimum Gasteiger partial charge on any atom is -0.311 e. The first-order valence-corrected chi connectivity index (χ1v) is 5.56. The zero-order valence-electron chi connectivity index (χ0n) is 8.21. The van der Waals surface area contributed by atoms with E-state index in [1.807, 2.05) is 0 Å². The molecular weight excluding hydrogens is 273 g/mol. The maximum atomic E-state index is 2.41. The van der Waals surface area contributed by atoms with Gasteiger partial charge in [-0.25, -0.2) is 0 Å². The molecule has 0 aromatic heterocycles. The molecule has 0 saturated heterocycles. The maximum absolute atomic E-state index is 2.41. The van der Waals surface area contributed by atoms with Crippen LogP contribution >= 0.6 is 22.9 Å². The van der Waals surface area contributed by atoms with Crippen molar-refractivity contribution in [1.29, 1.82) is 0 Å². The first-order chi connectivity index (χ1) is 6.05. The van der Waals surface area contributed by atoms with Crippen LogP contribution in [0.25, 0.3) is 0 Å². The quantitative estimate of drug-likeness (QED) is 0.521. The van der Waals surface area contributed by atoms with Crippen LogP contribution in [0.4, 0.5) is 5.69 Å². The Balaban J connectivity index is 2.61. The lowest BCUT2D eigenvalue weighted by atomic mass is 9.81. The molecule has 0 bridgehead atoms.